The second-order valence-electron chi connectivity index (χ2n) is 7.10. The normalized spacial score (nSPS) is 17.3. The molecule has 1 aliphatic rings. The lowest BCUT2D eigenvalue weighted by Crippen LogP contribution is -2.38. The van der Waals surface area contributed by atoms with Gasteiger partial charge in [-0.3, -0.25) is 4.79 Å². The first kappa shape index (κ1) is 18.3. The number of piperidine rings is 1. The number of nitrogens with one attached hydrogen (secondary N) is 1. The van der Waals surface area contributed by atoms with Crippen molar-refractivity contribution in [2.24, 2.45) is 0 Å². The summed E-state index contributed by atoms with van der Waals surface area (Å²) in [6.45, 7) is 4.11. The Morgan fingerprint density at radius 2 is 2.07 bits per heavy atom. The van der Waals surface area contributed by atoms with Crippen molar-refractivity contribution in [1.82, 2.24) is 14.9 Å². The van der Waals surface area contributed by atoms with Crippen LogP contribution in [0.3, 0.4) is 0 Å². The highest BCUT2D eigenvalue weighted by atomic mass is 16.5. The number of amides is 1. The zero-order valence-electron chi connectivity index (χ0n) is 16.1. The first-order valence-corrected chi connectivity index (χ1v) is 9.87. The van der Waals surface area contributed by atoms with Crippen LogP contribution in [0.15, 0.2) is 54.6 Å². The number of hydrogen-bond acceptors (Lipinski definition) is 3. The Hall–Kier alpha value is -3.08. The molecule has 5 heteroatoms. The van der Waals surface area contributed by atoms with E-state index in [4.69, 9.17) is 9.72 Å². The quantitative estimate of drug-likeness (QED) is 0.673. The topological polar surface area (TPSA) is 58.2 Å². The summed E-state index contributed by atoms with van der Waals surface area (Å²) < 4.78 is 5.45. The summed E-state index contributed by atoms with van der Waals surface area (Å²) in [4.78, 5) is 22.7. The van der Waals surface area contributed by atoms with Crippen molar-refractivity contribution in [3.63, 3.8) is 0 Å². The number of nitrogens with zero attached hydrogens (tertiary/aromatic N) is 2. The molecule has 1 saturated heterocycles. The SMILES string of the molecule is CCOc1ccc(/C=C/C(=O)N2CCCC(c3nc4ccccc4[nH]3)C2)cc1. The number of benzene rings is 2. The van der Waals surface area contributed by atoms with Crippen molar-refractivity contribution in [2.45, 2.75) is 25.7 Å². The van der Waals surface area contributed by atoms with E-state index in [1.807, 2.05) is 66.4 Å². The highest BCUT2D eigenvalue weighted by molar-refractivity contribution is 5.92. The van der Waals surface area contributed by atoms with Gasteiger partial charge in [0.2, 0.25) is 5.91 Å². The van der Waals surface area contributed by atoms with Gasteiger partial charge in [0.25, 0.3) is 0 Å². The monoisotopic (exact) mass is 375 g/mol. The molecule has 1 amide bonds. The fraction of sp³-hybridized carbons (Fsp3) is 0.304. The first-order chi connectivity index (χ1) is 13.7. The number of carbonyl (C=O) groups is 1. The smallest absolute Gasteiger partial charge is 0.246 e. The van der Waals surface area contributed by atoms with Crippen molar-refractivity contribution in [3.05, 3.63) is 66.0 Å². The molecule has 2 heterocycles. The third-order valence-corrected chi connectivity index (χ3v) is 5.14. The first-order valence-electron chi connectivity index (χ1n) is 9.87. The van der Waals surface area contributed by atoms with Crippen molar-refractivity contribution < 1.29 is 9.53 Å². The van der Waals surface area contributed by atoms with Gasteiger partial charge in [-0.15, -0.1) is 0 Å². The van der Waals surface area contributed by atoms with Crippen LogP contribution in [-0.2, 0) is 4.79 Å². The number of fused-ring (bicyclic) bond motifs is 1. The minimum atomic E-state index is 0.0506. The highest BCUT2D eigenvalue weighted by Crippen LogP contribution is 2.27. The minimum Gasteiger partial charge on any atom is -0.494 e. The molecule has 0 spiro atoms. The van der Waals surface area contributed by atoms with E-state index >= 15 is 0 Å². The standard InChI is InChI=1S/C23H25N3O2/c1-2-28-19-12-9-17(10-13-19)11-14-22(27)26-15-5-6-18(16-26)23-24-20-7-3-4-8-21(20)25-23/h3-4,7-14,18H,2,5-6,15-16H2,1H3,(H,24,25)/b14-11+. The zero-order chi connectivity index (χ0) is 19.3. The number of aromatic amines is 1. The van der Waals surface area contributed by atoms with Crippen molar-refractivity contribution >= 4 is 23.0 Å². The summed E-state index contributed by atoms with van der Waals surface area (Å²) in [6, 6.07) is 15.8. The molecule has 2 aromatic carbocycles. The summed E-state index contributed by atoms with van der Waals surface area (Å²) in [7, 11) is 0. The lowest BCUT2D eigenvalue weighted by atomic mass is 9.97. The molecule has 1 atom stereocenters. The molecule has 0 saturated carbocycles. The molecule has 1 aliphatic heterocycles. The van der Waals surface area contributed by atoms with E-state index in [1.54, 1.807) is 6.08 Å². The van der Waals surface area contributed by atoms with Gasteiger partial charge in [0.1, 0.15) is 11.6 Å². The maximum Gasteiger partial charge on any atom is 0.246 e. The predicted octanol–water partition coefficient (Wildman–Crippen LogP) is 4.38. The van der Waals surface area contributed by atoms with Crippen LogP contribution < -0.4 is 4.74 Å². The number of imidazole rings is 1. The molecule has 1 unspecified atom stereocenters. The average molecular weight is 375 g/mol. The molecular formula is C23H25N3O2. The van der Waals surface area contributed by atoms with Crippen LogP contribution in [0.2, 0.25) is 0 Å². The van der Waals surface area contributed by atoms with Gasteiger partial charge in [0.15, 0.2) is 0 Å². The van der Waals surface area contributed by atoms with Crippen LogP contribution in [0.1, 0.15) is 37.1 Å². The number of hydrogen-bond donors (Lipinski definition) is 1. The van der Waals surface area contributed by atoms with E-state index in [0.717, 1.165) is 47.6 Å². The Morgan fingerprint density at radius 1 is 1.25 bits per heavy atom. The van der Waals surface area contributed by atoms with Crippen LogP contribution >= 0.6 is 0 Å². The largest absolute Gasteiger partial charge is 0.494 e. The van der Waals surface area contributed by atoms with Crippen LogP contribution in [-0.4, -0.2) is 40.5 Å². The van der Waals surface area contributed by atoms with Gasteiger partial charge >= 0.3 is 0 Å². The Bertz CT molecular complexity index is 942. The second kappa shape index (κ2) is 8.30. The van der Waals surface area contributed by atoms with Crippen molar-refractivity contribution in [3.8, 4) is 5.75 Å². The van der Waals surface area contributed by atoms with E-state index in [-0.39, 0.29) is 11.8 Å². The molecule has 4 rings (SSSR count). The highest BCUT2D eigenvalue weighted by Gasteiger charge is 2.25. The summed E-state index contributed by atoms with van der Waals surface area (Å²) in [5.41, 5.74) is 3.02. The number of likely N-dealkylation sites (tertiary alicyclic amines) is 1. The molecule has 1 fully saturated rings. The summed E-state index contributed by atoms with van der Waals surface area (Å²) in [5, 5.41) is 0. The number of rotatable bonds is 5. The minimum absolute atomic E-state index is 0.0506. The Balaban J connectivity index is 1.41. The molecule has 5 nitrogen and oxygen atoms in total. The molecule has 3 aromatic rings. The van der Waals surface area contributed by atoms with Gasteiger partial charge in [-0.05, 0) is 55.7 Å². The maximum atomic E-state index is 12.7. The summed E-state index contributed by atoms with van der Waals surface area (Å²) >= 11 is 0. The molecule has 0 aliphatic carbocycles. The van der Waals surface area contributed by atoms with E-state index in [0.29, 0.717) is 13.2 Å². The third-order valence-electron chi connectivity index (χ3n) is 5.14. The number of H-pyrrole nitrogens is 1. The van der Waals surface area contributed by atoms with E-state index in [2.05, 4.69) is 4.98 Å². The molecule has 144 valence electrons. The van der Waals surface area contributed by atoms with Gasteiger partial charge in [-0.1, -0.05) is 24.3 Å². The lowest BCUT2D eigenvalue weighted by molar-refractivity contribution is -0.127. The van der Waals surface area contributed by atoms with Gasteiger partial charge < -0.3 is 14.6 Å². The number of ether oxygens (including phenoxy) is 1. The Labute approximate surface area is 165 Å². The van der Waals surface area contributed by atoms with Crippen LogP contribution in [0.25, 0.3) is 17.1 Å². The summed E-state index contributed by atoms with van der Waals surface area (Å²) in [6.07, 6.45) is 5.57. The molecule has 1 N–H and O–H groups in total. The Kier molecular flexibility index (Phi) is 5.42. The molecule has 1 aromatic heterocycles. The van der Waals surface area contributed by atoms with Crippen LogP contribution in [0, 0.1) is 0 Å². The van der Waals surface area contributed by atoms with Gasteiger partial charge in [-0.25, -0.2) is 4.98 Å². The van der Waals surface area contributed by atoms with Crippen LogP contribution in [0.4, 0.5) is 0 Å². The number of carbonyl (C=O) groups excluding carboxylic acids is 1. The van der Waals surface area contributed by atoms with Crippen LogP contribution in [0.5, 0.6) is 5.75 Å². The van der Waals surface area contributed by atoms with E-state index in [9.17, 15) is 4.79 Å². The van der Waals surface area contributed by atoms with E-state index < -0.39 is 0 Å². The second-order valence-corrected chi connectivity index (χ2v) is 7.10. The average Bonchev–Trinajstić information content (AvgIpc) is 3.18. The van der Waals surface area contributed by atoms with E-state index in [1.165, 1.54) is 0 Å². The fourth-order valence-electron chi connectivity index (χ4n) is 3.68. The predicted molar refractivity (Wildman–Crippen MR) is 111 cm³/mol. The third kappa shape index (κ3) is 4.09. The molecular weight excluding hydrogens is 350 g/mol. The maximum absolute atomic E-state index is 12.7. The number of aromatic nitrogens is 2. The molecule has 0 radical (unpaired) electrons. The van der Waals surface area contributed by atoms with Gasteiger partial charge in [-0.2, -0.15) is 0 Å². The fourth-order valence-corrected chi connectivity index (χ4v) is 3.68. The lowest BCUT2D eigenvalue weighted by Gasteiger charge is -2.31. The van der Waals surface area contributed by atoms with Gasteiger partial charge in [0.05, 0.1) is 17.6 Å². The molecule has 0 bridgehead atoms. The number of para-hydroxylation sites is 2. The zero-order valence-corrected chi connectivity index (χ0v) is 16.1. The summed E-state index contributed by atoms with van der Waals surface area (Å²) in [5.74, 6) is 2.13. The molecule has 28 heavy (non-hydrogen) atoms. The van der Waals surface area contributed by atoms with Crippen molar-refractivity contribution in [2.75, 3.05) is 19.7 Å². The Morgan fingerprint density at radius 3 is 2.86 bits per heavy atom. The van der Waals surface area contributed by atoms with Crippen molar-refractivity contribution in [1.29, 1.82) is 0 Å². The van der Waals surface area contributed by atoms with Gasteiger partial charge in [0, 0.05) is 25.1 Å².